The van der Waals surface area contributed by atoms with Gasteiger partial charge in [-0.3, -0.25) is 0 Å². The summed E-state index contributed by atoms with van der Waals surface area (Å²) in [5.41, 5.74) is 0. The Kier molecular flexibility index (Phi) is 4.75. The Morgan fingerprint density at radius 3 is 2.43 bits per heavy atom. The number of carbonyl (C=O) groups is 1. The fraction of sp³-hybridized carbons (Fsp3) is 0.235. The summed E-state index contributed by atoms with van der Waals surface area (Å²) in [5.74, 6) is 0.488. The summed E-state index contributed by atoms with van der Waals surface area (Å²) in [6.07, 6.45) is 1.15. The molecule has 4 heteroatoms. The molecule has 0 aromatic heterocycles. The molecule has 0 spiro atoms. The van der Waals surface area contributed by atoms with Gasteiger partial charge < -0.3 is 0 Å². The van der Waals surface area contributed by atoms with Crippen molar-refractivity contribution in [2.75, 3.05) is 6.61 Å². The van der Waals surface area contributed by atoms with Crippen molar-refractivity contribution in [3.8, 4) is 5.75 Å². The molecule has 21 heavy (non-hydrogen) atoms. The molecule has 0 aliphatic carbocycles. The molecule has 1 atom stereocenters. The molecule has 0 amide bonds. The van der Waals surface area contributed by atoms with E-state index >= 15 is 0 Å². The molecule has 1 aliphatic heterocycles. The number of halogens is 1. The third-order valence-electron chi connectivity index (χ3n) is 3.16. The summed E-state index contributed by atoms with van der Waals surface area (Å²) in [5, 5.41) is 0. The van der Waals surface area contributed by atoms with Gasteiger partial charge in [0.05, 0.1) is 0 Å². The van der Waals surface area contributed by atoms with Crippen LogP contribution in [0.4, 0.5) is 0 Å². The van der Waals surface area contributed by atoms with Crippen LogP contribution >= 0.6 is 0 Å². The maximum atomic E-state index is 11.6. The molecule has 2 aromatic carbocycles. The van der Waals surface area contributed by atoms with Crippen molar-refractivity contribution >= 4 is 5.97 Å². The first-order valence-corrected chi connectivity index (χ1v) is 9.10. The number of rotatable bonds is 4. The summed E-state index contributed by atoms with van der Waals surface area (Å²) in [6, 6.07) is 18.6. The zero-order chi connectivity index (χ0) is 14.5. The van der Waals surface area contributed by atoms with Gasteiger partial charge in [-0.25, -0.2) is 0 Å². The molecule has 3 nitrogen and oxygen atoms in total. The van der Waals surface area contributed by atoms with Crippen molar-refractivity contribution in [2.24, 2.45) is 0 Å². The minimum absolute atomic E-state index is 0.161. The summed E-state index contributed by atoms with van der Waals surface area (Å²) in [7, 11) is 0. The molecule has 0 radical (unpaired) electrons. The second kappa shape index (κ2) is 6.93. The van der Waals surface area contributed by atoms with Crippen LogP contribution in [0, 0.1) is 7.14 Å². The number of cyclic esters (lactones) is 1. The third-order valence-corrected chi connectivity index (χ3v) is 5.85. The van der Waals surface area contributed by atoms with Crippen LogP contribution in [0.3, 0.4) is 0 Å². The monoisotopic (exact) mass is 395 g/mol. The Bertz CT molecular complexity index is 595. The van der Waals surface area contributed by atoms with Crippen LogP contribution in [0.15, 0.2) is 54.6 Å². The van der Waals surface area contributed by atoms with Crippen molar-refractivity contribution in [2.45, 2.75) is 18.9 Å². The van der Waals surface area contributed by atoms with Crippen LogP contribution in [0.5, 0.6) is 5.75 Å². The average molecular weight is 395 g/mol. The topological polar surface area (TPSA) is 35.5 Å². The van der Waals surface area contributed by atoms with Gasteiger partial charge in [-0.2, -0.15) is 0 Å². The van der Waals surface area contributed by atoms with E-state index in [1.54, 1.807) is 0 Å². The molecule has 1 fully saturated rings. The Morgan fingerprint density at radius 1 is 1.00 bits per heavy atom. The molecular formula is C17H16IO3-. The van der Waals surface area contributed by atoms with Crippen molar-refractivity contribution in [3.05, 3.63) is 61.7 Å². The molecule has 0 saturated carbocycles. The van der Waals surface area contributed by atoms with Crippen LogP contribution in [0.2, 0.25) is 0 Å². The van der Waals surface area contributed by atoms with E-state index in [2.05, 4.69) is 36.4 Å². The zero-order valence-corrected chi connectivity index (χ0v) is 13.7. The predicted octanol–water partition coefficient (Wildman–Crippen LogP) is -0.101. The van der Waals surface area contributed by atoms with E-state index in [4.69, 9.17) is 9.47 Å². The van der Waals surface area contributed by atoms with E-state index in [-0.39, 0.29) is 27.2 Å². The van der Waals surface area contributed by atoms with Crippen molar-refractivity contribution in [1.82, 2.24) is 0 Å². The fourth-order valence-electron chi connectivity index (χ4n) is 2.10. The van der Waals surface area contributed by atoms with Crippen LogP contribution < -0.4 is 25.9 Å². The van der Waals surface area contributed by atoms with Gasteiger partial charge in [-0.1, -0.05) is 0 Å². The van der Waals surface area contributed by atoms with Gasteiger partial charge in [0.25, 0.3) is 0 Å². The van der Waals surface area contributed by atoms with Gasteiger partial charge in [0, 0.05) is 0 Å². The molecular weight excluding hydrogens is 379 g/mol. The molecule has 1 saturated heterocycles. The van der Waals surface area contributed by atoms with Crippen molar-refractivity contribution in [3.63, 3.8) is 0 Å². The first-order chi connectivity index (χ1) is 10.3. The normalized spacial score (nSPS) is 18.3. The van der Waals surface area contributed by atoms with E-state index in [1.165, 1.54) is 7.14 Å². The maximum absolute atomic E-state index is 11.6. The number of benzene rings is 2. The predicted molar refractivity (Wildman–Crippen MR) is 74.9 cm³/mol. The third kappa shape index (κ3) is 3.97. The molecule has 2 aromatic rings. The van der Waals surface area contributed by atoms with Crippen LogP contribution in [-0.4, -0.2) is 18.7 Å². The number of ether oxygens (including phenoxy) is 2. The van der Waals surface area contributed by atoms with Gasteiger partial charge >= 0.3 is 134 Å². The molecule has 0 bridgehead atoms. The molecule has 1 aliphatic rings. The Morgan fingerprint density at radius 2 is 1.71 bits per heavy atom. The van der Waals surface area contributed by atoms with E-state index < -0.39 is 6.10 Å². The molecule has 110 valence electrons. The average Bonchev–Trinajstić information content (AvgIpc) is 2.52. The van der Waals surface area contributed by atoms with E-state index in [1.807, 2.05) is 18.2 Å². The molecule has 3 rings (SSSR count). The van der Waals surface area contributed by atoms with E-state index in [9.17, 15) is 4.79 Å². The van der Waals surface area contributed by atoms with E-state index in [0.717, 1.165) is 18.6 Å². The van der Waals surface area contributed by atoms with E-state index in [0.29, 0.717) is 6.61 Å². The van der Waals surface area contributed by atoms with Gasteiger partial charge in [-0.05, 0) is 0 Å². The second-order valence-electron chi connectivity index (χ2n) is 4.76. The molecule has 1 unspecified atom stereocenters. The van der Waals surface area contributed by atoms with Gasteiger partial charge in [-0.15, -0.1) is 0 Å². The van der Waals surface area contributed by atoms with Gasteiger partial charge in [0.2, 0.25) is 0 Å². The standard InChI is InChI=1S/C17H16IO3/c19-17-16(7-4-12-20-17)21-15-10-8-14(9-11-15)18-13-5-2-1-3-6-13/h1-3,5-6,8-11,16H,4,7,12H2/q-1. The summed E-state index contributed by atoms with van der Waals surface area (Å²) in [6.45, 7) is 0.513. The first kappa shape index (κ1) is 14.4. The van der Waals surface area contributed by atoms with Crippen LogP contribution in [-0.2, 0) is 9.53 Å². The summed E-state index contributed by atoms with van der Waals surface area (Å²) < 4.78 is 13.4. The number of hydrogen-bond acceptors (Lipinski definition) is 3. The SMILES string of the molecule is O=C1OCCCC1Oc1ccc([I-]c2ccccc2)cc1. The quantitative estimate of drug-likeness (QED) is 0.536. The van der Waals surface area contributed by atoms with Gasteiger partial charge in [0.1, 0.15) is 0 Å². The number of esters is 1. The number of hydrogen-bond donors (Lipinski definition) is 0. The molecule has 1 heterocycles. The van der Waals surface area contributed by atoms with Crippen LogP contribution in [0.1, 0.15) is 12.8 Å². The molecule has 0 N–H and O–H groups in total. The zero-order valence-electron chi connectivity index (χ0n) is 11.5. The summed E-state index contributed by atoms with van der Waals surface area (Å²) >= 11 is -0.161. The number of carbonyl (C=O) groups excluding carboxylic acids is 1. The minimum atomic E-state index is -0.451. The van der Waals surface area contributed by atoms with Gasteiger partial charge in [0.15, 0.2) is 0 Å². The Hall–Kier alpha value is -1.56. The van der Waals surface area contributed by atoms with Crippen LogP contribution in [0.25, 0.3) is 0 Å². The second-order valence-corrected chi connectivity index (χ2v) is 7.79. The summed E-state index contributed by atoms with van der Waals surface area (Å²) in [4.78, 5) is 11.6. The van der Waals surface area contributed by atoms with Crippen molar-refractivity contribution in [1.29, 1.82) is 0 Å². The van der Waals surface area contributed by atoms with Crippen molar-refractivity contribution < 1.29 is 35.5 Å². The Balaban J connectivity index is 1.62. The first-order valence-electron chi connectivity index (χ1n) is 6.94. The fourth-order valence-corrected chi connectivity index (χ4v) is 4.32. The Labute approximate surface area is 134 Å².